The standard InChI is InChI=1S/C19H21ClN4O4S2/c20-14-3-4-15(19(26)23-8-5-13(12-25)6-9-23)16(10-14)22-30(27,28)18-2-1-7-24-17(18)11-21-29-24/h1-4,7,10-11,13,21-22,25H,5-6,8-9,12H2. The Morgan fingerprint density at radius 1 is 1.33 bits per heavy atom. The van der Waals surface area contributed by atoms with Crippen LogP contribution in [0.2, 0.25) is 5.02 Å². The van der Waals surface area contributed by atoms with Crippen LogP contribution in [0.15, 0.2) is 53.4 Å². The maximum absolute atomic E-state index is 13.1. The first-order chi connectivity index (χ1) is 14.4. The average molecular weight is 469 g/mol. The maximum atomic E-state index is 13.1. The summed E-state index contributed by atoms with van der Waals surface area (Å²) in [7, 11) is -3.97. The predicted molar refractivity (Wildman–Crippen MR) is 118 cm³/mol. The van der Waals surface area contributed by atoms with Gasteiger partial charge in [-0.1, -0.05) is 11.6 Å². The normalized spacial score (nSPS) is 19.1. The summed E-state index contributed by atoms with van der Waals surface area (Å²) in [6.45, 7) is 1.14. The van der Waals surface area contributed by atoms with E-state index in [0.29, 0.717) is 36.7 Å². The third kappa shape index (κ3) is 4.18. The van der Waals surface area contributed by atoms with Crippen molar-refractivity contribution >= 4 is 45.4 Å². The first-order valence-corrected chi connectivity index (χ1v) is 12.1. The Hall–Kier alpha value is -2.14. The van der Waals surface area contributed by atoms with Crippen molar-refractivity contribution in [3.05, 3.63) is 63.9 Å². The molecule has 4 rings (SSSR count). The van der Waals surface area contributed by atoms with E-state index in [9.17, 15) is 18.3 Å². The zero-order valence-corrected chi connectivity index (χ0v) is 18.3. The number of nitrogens with zero attached hydrogens (tertiary/aromatic N) is 2. The van der Waals surface area contributed by atoms with E-state index in [1.54, 1.807) is 33.7 Å². The number of rotatable bonds is 5. The van der Waals surface area contributed by atoms with E-state index in [0.717, 1.165) is 0 Å². The van der Waals surface area contributed by atoms with Crippen LogP contribution >= 0.6 is 23.7 Å². The summed E-state index contributed by atoms with van der Waals surface area (Å²) in [5, 5.41) is 9.62. The van der Waals surface area contributed by atoms with E-state index < -0.39 is 10.0 Å². The van der Waals surface area contributed by atoms with E-state index in [1.165, 1.54) is 30.3 Å². The fraction of sp³-hybridized carbons (Fsp3) is 0.316. The number of nitrogens with one attached hydrogen (secondary N) is 2. The molecule has 3 aliphatic rings. The van der Waals surface area contributed by atoms with Gasteiger partial charge in [-0.25, -0.2) is 8.42 Å². The largest absolute Gasteiger partial charge is 0.396 e. The number of aliphatic hydroxyl groups is 1. The van der Waals surface area contributed by atoms with Crippen LogP contribution < -0.4 is 9.44 Å². The highest BCUT2D eigenvalue weighted by Gasteiger charge is 2.31. The van der Waals surface area contributed by atoms with Gasteiger partial charge in [-0.2, -0.15) is 0 Å². The molecular weight excluding hydrogens is 448 g/mol. The number of piperidine rings is 1. The summed E-state index contributed by atoms with van der Waals surface area (Å²) in [5.41, 5.74) is 0.871. The number of hydrogen-bond acceptors (Lipinski definition) is 7. The monoisotopic (exact) mass is 468 g/mol. The van der Waals surface area contributed by atoms with Crippen molar-refractivity contribution in [3.63, 3.8) is 0 Å². The van der Waals surface area contributed by atoms with E-state index in [-0.39, 0.29) is 34.6 Å². The van der Waals surface area contributed by atoms with Gasteiger partial charge in [-0.05, 0) is 49.1 Å². The third-order valence-electron chi connectivity index (χ3n) is 5.21. The van der Waals surface area contributed by atoms with Gasteiger partial charge >= 0.3 is 0 Å². The Bertz CT molecular complexity index is 1050. The van der Waals surface area contributed by atoms with Crippen LogP contribution in [0.1, 0.15) is 23.2 Å². The first kappa shape index (κ1) is 21.1. The molecule has 1 fully saturated rings. The number of halogens is 1. The fourth-order valence-electron chi connectivity index (χ4n) is 3.54. The molecule has 0 unspecified atom stereocenters. The molecule has 0 bridgehead atoms. The number of fused-ring (bicyclic) bond motifs is 1. The number of carbonyl (C=O) groups excluding carboxylic acids is 1. The second kappa shape index (κ2) is 8.54. The SMILES string of the molecule is O=C(c1ccc(Cl)cc1NS(=O)(=O)C1=CC=CN2SNC=C12)N1CCC(CO)CC1. The molecule has 1 aromatic rings. The molecule has 0 atom stereocenters. The Morgan fingerprint density at radius 2 is 2.10 bits per heavy atom. The van der Waals surface area contributed by atoms with Crippen molar-refractivity contribution in [2.45, 2.75) is 12.8 Å². The van der Waals surface area contributed by atoms with Gasteiger partial charge in [0.05, 0.1) is 29.1 Å². The van der Waals surface area contributed by atoms with Gasteiger partial charge in [0.15, 0.2) is 0 Å². The number of sulfonamides is 1. The average Bonchev–Trinajstić information content (AvgIpc) is 3.22. The minimum Gasteiger partial charge on any atom is -0.396 e. The number of carbonyl (C=O) groups is 1. The fourth-order valence-corrected chi connectivity index (χ4v) is 5.69. The van der Waals surface area contributed by atoms with Crippen molar-refractivity contribution in [1.82, 2.24) is 13.9 Å². The molecule has 0 radical (unpaired) electrons. The number of allylic oxidation sites excluding steroid dienone is 2. The lowest BCUT2D eigenvalue weighted by molar-refractivity contribution is 0.0652. The molecule has 3 heterocycles. The Balaban J connectivity index is 1.60. The maximum Gasteiger partial charge on any atom is 0.264 e. The quantitative estimate of drug-likeness (QED) is 0.571. The lowest BCUT2D eigenvalue weighted by Gasteiger charge is -2.31. The van der Waals surface area contributed by atoms with Crippen LogP contribution in [0, 0.1) is 5.92 Å². The second-order valence-electron chi connectivity index (χ2n) is 7.15. The van der Waals surface area contributed by atoms with Crippen LogP contribution in [0.5, 0.6) is 0 Å². The van der Waals surface area contributed by atoms with Crippen molar-refractivity contribution in [3.8, 4) is 0 Å². The summed E-state index contributed by atoms with van der Waals surface area (Å²) in [6, 6.07) is 4.55. The van der Waals surface area contributed by atoms with Crippen LogP contribution in [-0.2, 0) is 10.0 Å². The topological polar surface area (TPSA) is 102 Å². The number of benzene rings is 1. The minimum atomic E-state index is -3.97. The third-order valence-corrected chi connectivity index (χ3v) is 7.60. The molecular formula is C19H21ClN4O4S2. The zero-order chi connectivity index (χ0) is 21.3. The lowest BCUT2D eigenvalue weighted by atomic mass is 9.97. The van der Waals surface area contributed by atoms with Crippen LogP contribution in [0.4, 0.5) is 5.69 Å². The van der Waals surface area contributed by atoms with E-state index in [1.807, 2.05) is 0 Å². The molecule has 11 heteroatoms. The number of likely N-dealkylation sites (tertiary alicyclic amines) is 1. The highest BCUT2D eigenvalue weighted by molar-refractivity contribution is 7.97. The molecule has 1 aromatic carbocycles. The molecule has 8 nitrogen and oxygen atoms in total. The molecule has 0 aliphatic carbocycles. The van der Waals surface area contributed by atoms with Gasteiger partial charge in [0.2, 0.25) is 0 Å². The van der Waals surface area contributed by atoms with Gasteiger partial charge in [0.25, 0.3) is 15.9 Å². The van der Waals surface area contributed by atoms with Crippen molar-refractivity contribution < 1.29 is 18.3 Å². The van der Waals surface area contributed by atoms with Crippen LogP contribution in [0.25, 0.3) is 0 Å². The van der Waals surface area contributed by atoms with Gasteiger partial charge in [0, 0.05) is 37.1 Å². The first-order valence-electron chi connectivity index (χ1n) is 9.42. The number of anilines is 1. The van der Waals surface area contributed by atoms with E-state index in [2.05, 4.69) is 9.44 Å². The summed E-state index contributed by atoms with van der Waals surface area (Å²) >= 11 is 7.36. The van der Waals surface area contributed by atoms with Crippen molar-refractivity contribution in [2.75, 3.05) is 24.4 Å². The zero-order valence-electron chi connectivity index (χ0n) is 15.9. The van der Waals surface area contributed by atoms with Crippen LogP contribution in [0.3, 0.4) is 0 Å². The summed E-state index contributed by atoms with van der Waals surface area (Å²) in [4.78, 5) is 14.9. The molecule has 3 aliphatic heterocycles. The highest BCUT2D eigenvalue weighted by atomic mass is 35.5. The van der Waals surface area contributed by atoms with Gasteiger partial charge in [-0.15, -0.1) is 0 Å². The smallest absolute Gasteiger partial charge is 0.264 e. The predicted octanol–water partition coefficient (Wildman–Crippen LogP) is 2.65. The summed E-state index contributed by atoms with van der Waals surface area (Å²) < 4.78 is 33.4. The van der Waals surface area contributed by atoms with Gasteiger partial charge < -0.3 is 14.7 Å². The van der Waals surface area contributed by atoms with Gasteiger partial charge in [0.1, 0.15) is 4.91 Å². The molecule has 30 heavy (non-hydrogen) atoms. The molecule has 1 amide bonds. The number of aliphatic hydroxyl groups excluding tert-OH is 1. The molecule has 0 spiro atoms. The number of amides is 1. The molecule has 3 N–H and O–H groups in total. The minimum absolute atomic E-state index is 0.0876. The molecule has 160 valence electrons. The lowest BCUT2D eigenvalue weighted by Crippen LogP contribution is -2.39. The Morgan fingerprint density at radius 3 is 2.83 bits per heavy atom. The molecule has 1 saturated heterocycles. The van der Waals surface area contributed by atoms with Crippen molar-refractivity contribution in [2.24, 2.45) is 5.92 Å². The van der Waals surface area contributed by atoms with E-state index >= 15 is 0 Å². The summed E-state index contributed by atoms with van der Waals surface area (Å²) in [6.07, 6.45) is 7.93. The molecule has 0 saturated carbocycles. The number of hydrogen-bond donors (Lipinski definition) is 3. The van der Waals surface area contributed by atoms with Gasteiger partial charge in [-0.3, -0.25) is 13.8 Å². The Labute approximate surface area is 184 Å². The van der Waals surface area contributed by atoms with Crippen molar-refractivity contribution in [1.29, 1.82) is 0 Å². The highest BCUT2D eigenvalue weighted by Crippen LogP contribution is 2.35. The molecule has 0 aromatic heterocycles. The van der Waals surface area contributed by atoms with Crippen LogP contribution in [-0.4, -0.2) is 48.3 Å². The summed E-state index contributed by atoms with van der Waals surface area (Å²) in [5.74, 6) is -0.0742. The Kier molecular flexibility index (Phi) is 6.01. The van der Waals surface area contributed by atoms with E-state index in [4.69, 9.17) is 11.6 Å². The second-order valence-corrected chi connectivity index (χ2v) is 10.0.